The van der Waals surface area contributed by atoms with Crippen LogP contribution in [0.5, 0.6) is 17.2 Å². The molecular formula is C24H20O6S2. The number of phenolic OH excluding ortho intramolecular Hbond substituents is 2. The normalized spacial score (nSPS) is 24.6. The summed E-state index contributed by atoms with van der Waals surface area (Å²) in [6, 6.07) is 21.3. The van der Waals surface area contributed by atoms with Gasteiger partial charge >= 0.3 is 10.1 Å². The molecule has 32 heavy (non-hydrogen) atoms. The van der Waals surface area contributed by atoms with Crippen LogP contribution in [0, 0.1) is 0 Å². The predicted molar refractivity (Wildman–Crippen MR) is 123 cm³/mol. The predicted octanol–water partition coefficient (Wildman–Crippen LogP) is 3.69. The number of hydrogen-bond donors (Lipinski definition) is 2. The zero-order chi connectivity index (χ0) is 22.5. The van der Waals surface area contributed by atoms with Gasteiger partial charge in [0, 0.05) is 10.8 Å². The van der Waals surface area contributed by atoms with Gasteiger partial charge in [-0.1, -0.05) is 42.5 Å². The molecule has 1 fully saturated rings. The summed E-state index contributed by atoms with van der Waals surface area (Å²) in [4.78, 5) is 0. The van der Waals surface area contributed by atoms with Crippen LogP contribution in [0.3, 0.4) is 0 Å². The quantitative estimate of drug-likeness (QED) is 0.554. The fourth-order valence-corrected chi connectivity index (χ4v) is 8.88. The Morgan fingerprint density at radius 2 is 1.31 bits per heavy atom. The molecule has 2 aliphatic rings. The highest BCUT2D eigenvalue weighted by atomic mass is 32.2. The molecule has 3 aromatic carbocycles. The molecule has 1 unspecified atom stereocenters. The first-order chi connectivity index (χ1) is 15.3. The summed E-state index contributed by atoms with van der Waals surface area (Å²) in [7, 11) is -5.52. The highest BCUT2D eigenvalue weighted by Gasteiger charge is 2.57. The zero-order valence-corrected chi connectivity index (χ0v) is 18.4. The van der Waals surface area contributed by atoms with Gasteiger partial charge in [0.05, 0.1) is 10.5 Å². The van der Waals surface area contributed by atoms with Gasteiger partial charge in [-0.2, -0.15) is 8.42 Å². The van der Waals surface area contributed by atoms with Gasteiger partial charge < -0.3 is 14.4 Å². The molecule has 0 saturated carbocycles. The summed E-state index contributed by atoms with van der Waals surface area (Å²) in [6.07, 6.45) is 0.185. The van der Waals surface area contributed by atoms with E-state index in [1.165, 1.54) is 12.1 Å². The van der Waals surface area contributed by atoms with Gasteiger partial charge in [0.25, 0.3) is 0 Å². The van der Waals surface area contributed by atoms with Crippen LogP contribution < -0.4 is 4.18 Å². The monoisotopic (exact) mass is 468 g/mol. The molecule has 0 radical (unpaired) electrons. The van der Waals surface area contributed by atoms with Crippen molar-refractivity contribution >= 4 is 32.1 Å². The minimum Gasteiger partial charge on any atom is -0.508 e. The molecular weight excluding hydrogens is 448 g/mol. The van der Waals surface area contributed by atoms with Crippen LogP contribution in [0.2, 0.25) is 0 Å². The van der Waals surface area contributed by atoms with Crippen LogP contribution in [0.25, 0.3) is 11.1 Å². The molecule has 4 atom stereocenters. The fourth-order valence-electron chi connectivity index (χ4n) is 4.50. The molecule has 2 bridgehead atoms. The van der Waals surface area contributed by atoms with Gasteiger partial charge in [-0.25, -0.2) is 0 Å². The first-order valence-corrected chi connectivity index (χ1v) is 12.8. The Hall–Kier alpha value is -3.10. The van der Waals surface area contributed by atoms with E-state index in [0.29, 0.717) is 11.1 Å². The first kappa shape index (κ1) is 20.8. The Morgan fingerprint density at radius 1 is 0.781 bits per heavy atom. The van der Waals surface area contributed by atoms with E-state index in [9.17, 15) is 22.8 Å². The van der Waals surface area contributed by atoms with Crippen LogP contribution >= 0.6 is 0 Å². The maximum atomic E-state index is 13.4. The van der Waals surface area contributed by atoms with Gasteiger partial charge in [0.15, 0.2) is 0 Å². The van der Waals surface area contributed by atoms with Crippen molar-refractivity contribution < 1.29 is 27.0 Å². The lowest BCUT2D eigenvalue weighted by Gasteiger charge is -2.25. The Morgan fingerprint density at radius 3 is 1.88 bits per heavy atom. The number of phenols is 2. The molecule has 0 aromatic heterocycles. The molecule has 2 aliphatic heterocycles. The van der Waals surface area contributed by atoms with Crippen molar-refractivity contribution in [1.82, 2.24) is 0 Å². The molecule has 3 aromatic rings. The Kier molecular flexibility index (Phi) is 5.06. The minimum absolute atomic E-state index is 0.0846. The van der Waals surface area contributed by atoms with Crippen molar-refractivity contribution in [1.29, 1.82) is 0 Å². The van der Waals surface area contributed by atoms with Crippen molar-refractivity contribution in [2.45, 2.75) is 22.2 Å². The first-order valence-electron chi connectivity index (χ1n) is 10.1. The highest BCUT2D eigenvalue weighted by Crippen LogP contribution is 2.53. The largest absolute Gasteiger partial charge is 0.508 e. The van der Waals surface area contributed by atoms with E-state index in [4.69, 9.17) is 4.18 Å². The van der Waals surface area contributed by atoms with Gasteiger partial charge in [-0.3, -0.25) is 4.21 Å². The van der Waals surface area contributed by atoms with Gasteiger partial charge in [-0.05, 0) is 65.1 Å². The lowest BCUT2D eigenvalue weighted by molar-refractivity contribution is 0.469. The van der Waals surface area contributed by atoms with Gasteiger partial charge in [-0.15, -0.1) is 0 Å². The average Bonchev–Trinajstić information content (AvgIpc) is 3.26. The van der Waals surface area contributed by atoms with Crippen molar-refractivity contribution in [3.8, 4) is 17.2 Å². The summed E-state index contributed by atoms with van der Waals surface area (Å²) in [6.45, 7) is 0. The molecule has 164 valence electrons. The summed E-state index contributed by atoms with van der Waals surface area (Å²) >= 11 is 0. The minimum atomic E-state index is -4.05. The second-order valence-corrected chi connectivity index (χ2v) is 11.3. The van der Waals surface area contributed by atoms with E-state index in [2.05, 4.69) is 0 Å². The van der Waals surface area contributed by atoms with Crippen LogP contribution in [-0.4, -0.2) is 38.6 Å². The molecule has 1 saturated heterocycles. The smallest absolute Gasteiger partial charge is 0.313 e. The van der Waals surface area contributed by atoms with E-state index in [0.717, 1.165) is 11.1 Å². The van der Waals surface area contributed by atoms with Crippen molar-refractivity contribution in [2.24, 2.45) is 0 Å². The van der Waals surface area contributed by atoms with Crippen LogP contribution in [0.1, 0.15) is 17.5 Å². The maximum absolute atomic E-state index is 13.4. The van der Waals surface area contributed by atoms with Gasteiger partial charge in [0.1, 0.15) is 22.5 Å². The number of fused-ring (bicyclic) bond motifs is 2. The van der Waals surface area contributed by atoms with Crippen molar-refractivity contribution in [3.05, 3.63) is 90.0 Å². The molecule has 5 rings (SSSR count). The number of hydrogen-bond acceptors (Lipinski definition) is 6. The van der Waals surface area contributed by atoms with E-state index in [-0.39, 0.29) is 23.7 Å². The molecule has 2 N–H and O–H groups in total. The molecule has 6 nitrogen and oxygen atoms in total. The summed E-state index contributed by atoms with van der Waals surface area (Å²) in [5.74, 6) is 0.415. The Labute approximate surface area is 188 Å². The lowest BCUT2D eigenvalue weighted by atomic mass is 9.83. The Balaban J connectivity index is 1.62. The number of aromatic hydroxyl groups is 2. The third-order valence-corrected chi connectivity index (χ3v) is 9.75. The number of benzene rings is 3. The average molecular weight is 469 g/mol. The molecule has 8 heteroatoms. The molecule has 2 heterocycles. The van der Waals surface area contributed by atoms with Crippen molar-refractivity contribution in [2.75, 3.05) is 0 Å². The van der Waals surface area contributed by atoms with E-state index < -0.39 is 36.7 Å². The second kappa shape index (κ2) is 7.79. The summed E-state index contributed by atoms with van der Waals surface area (Å²) in [5, 5.41) is 17.2. The second-order valence-electron chi connectivity index (χ2n) is 7.82. The third-order valence-electron chi connectivity index (χ3n) is 5.89. The lowest BCUT2D eigenvalue weighted by Crippen LogP contribution is -2.35. The number of rotatable bonds is 5. The summed E-state index contributed by atoms with van der Waals surface area (Å²) < 4.78 is 45.2. The Bertz CT molecular complexity index is 1310. The molecule has 0 spiro atoms. The summed E-state index contributed by atoms with van der Waals surface area (Å²) in [5.41, 5.74) is 2.97. The highest BCUT2D eigenvalue weighted by molar-refractivity contribution is 7.92. The topological polar surface area (TPSA) is 101 Å². The third kappa shape index (κ3) is 3.49. The van der Waals surface area contributed by atoms with Crippen LogP contribution in [0.15, 0.2) is 78.9 Å². The molecule has 0 aliphatic carbocycles. The number of para-hydroxylation sites is 1. The van der Waals surface area contributed by atoms with Gasteiger partial charge in [0.2, 0.25) is 0 Å². The maximum Gasteiger partial charge on any atom is 0.313 e. The standard InChI is InChI=1S/C24H20O6S2/c25-17-10-6-15(7-11-17)22-20-14-21(32(28,29)30-19-4-2-1-3-5-19)24(31(20)27)23(22)16-8-12-18(26)13-9-16/h1-13,20-21,24-26H,14H2/t20-,21-,24+,31?/m0/s1. The van der Waals surface area contributed by atoms with E-state index in [1.54, 1.807) is 66.7 Å². The van der Waals surface area contributed by atoms with E-state index >= 15 is 0 Å². The van der Waals surface area contributed by atoms with Crippen LogP contribution in [0.4, 0.5) is 0 Å². The molecule has 0 amide bonds. The van der Waals surface area contributed by atoms with Crippen molar-refractivity contribution in [3.63, 3.8) is 0 Å². The van der Waals surface area contributed by atoms with E-state index in [1.807, 2.05) is 0 Å². The van der Waals surface area contributed by atoms with Crippen LogP contribution in [-0.2, 0) is 20.9 Å². The SMILES string of the molecule is O=S1[C@H]2C[C@H](S(=O)(=O)Oc3ccccc3)[C@@H]1C(c1ccc(O)cc1)=C2c1ccc(O)cc1. The zero-order valence-electron chi connectivity index (χ0n) is 16.8. The fraction of sp³-hybridized carbons (Fsp3) is 0.167.